The monoisotopic (exact) mass is 239 g/mol. The Morgan fingerprint density at radius 3 is 2.83 bits per heavy atom. The van der Waals surface area contributed by atoms with E-state index in [4.69, 9.17) is 10.4 Å². The number of benzene rings is 1. The molecule has 2 rings (SSSR count). The van der Waals surface area contributed by atoms with Crippen LogP contribution < -0.4 is 5.32 Å². The van der Waals surface area contributed by atoms with Crippen LogP contribution in [0.2, 0.25) is 0 Å². The summed E-state index contributed by atoms with van der Waals surface area (Å²) in [6.07, 6.45) is 1.40. The topological polar surface area (TPSA) is 86.0 Å². The first-order valence-corrected chi connectivity index (χ1v) is 5.16. The second-order valence-corrected chi connectivity index (χ2v) is 3.52. The van der Waals surface area contributed by atoms with Crippen molar-refractivity contribution in [3.05, 3.63) is 53.9 Å². The summed E-state index contributed by atoms with van der Waals surface area (Å²) in [5.74, 6) is -1.09. The number of nitriles is 1. The molecule has 0 aliphatic heterocycles. The molecule has 0 amide bonds. The summed E-state index contributed by atoms with van der Waals surface area (Å²) in [4.78, 5) is 14.5. The van der Waals surface area contributed by atoms with E-state index in [1.165, 1.54) is 12.3 Å². The Bertz CT molecular complexity index is 632. The van der Waals surface area contributed by atoms with Gasteiger partial charge in [0.05, 0.1) is 11.3 Å². The van der Waals surface area contributed by atoms with Crippen LogP contribution in [0.25, 0.3) is 0 Å². The highest BCUT2D eigenvalue weighted by Crippen LogP contribution is 2.20. The normalized spacial score (nSPS) is 9.50. The van der Waals surface area contributed by atoms with E-state index in [1.807, 2.05) is 0 Å². The predicted octanol–water partition coefficient (Wildman–Crippen LogP) is 2.40. The molecule has 5 nitrogen and oxygen atoms in total. The average Bonchev–Trinajstić information content (AvgIpc) is 2.39. The summed E-state index contributed by atoms with van der Waals surface area (Å²) < 4.78 is 0. The van der Waals surface area contributed by atoms with Gasteiger partial charge in [-0.1, -0.05) is 12.1 Å². The Balaban J connectivity index is 2.32. The van der Waals surface area contributed by atoms with Gasteiger partial charge in [0.25, 0.3) is 0 Å². The van der Waals surface area contributed by atoms with Gasteiger partial charge in [-0.15, -0.1) is 0 Å². The summed E-state index contributed by atoms with van der Waals surface area (Å²) >= 11 is 0. The fourth-order valence-corrected chi connectivity index (χ4v) is 1.47. The molecular weight excluding hydrogens is 230 g/mol. The lowest BCUT2D eigenvalue weighted by molar-refractivity contribution is 0.0690. The van der Waals surface area contributed by atoms with Crippen LogP contribution >= 0.6 is 0 Å². The van der Waals surface area contributed by atoms with Crippen LogP contribution in [-0.2, 0) is 0 Å². The first-order valence-electron chi connectivity index (χ1n) is 5.16. The maximum atomic E-state index is 10.8. The molecule has 5 heteroatoms. The highest BCUT2D eigenvalue weighted by atomic mass is 16.4. The molecule has 0 spiro atoms. The summed E-state index contributed by atoms with van der Waals surface area (Å²) in [5, 5.41) is 20.8. The lowest BCUT2D eigenvalue weighted by Crippen LogP contribution is -2.01. The van der Waals surface area contributed by atoms with Crippen molar-refractivity contribution in [2.75, 3.05) is 5.32 Å². The van der Waals surface area contributed by atoms with Crippen molar-refractivity contribution in [1.29, 1.82) is 5.26 Å². The minimum absolute atomic E-state index is 0.0468. The van der Waals surface area contributed by atoms with Gasteiger partial charge in [-0.3, -0.25) is 0 Å². The van der Waals surface area contributed by atoms with Crippen LogP contribution in [0.4, 0.5) is 11.4 Å². The number of hydrogen-bond donors (Lipinski definition) is 2. The number of anilines is 2. The van der Waals surface area contributed by atoms with Crippen molar-refractivity contribution in [3.8, 4) is 6.07 Å². The largest absolute Gasteiger partial charge is 0.477 e. The van der Waals surface area contributed by atoms with Crippen LogP contribution in [0.5, 0.6) is 0 Å². The molecule has 1 aromatic heterocycles. The first kappa shape index (κ1) is 11.6. The Hall–Kier alpha value is -2.87. The summed E-state index contributed by atoms with van der Waals surface area (Å²) in [6, 6.07) is 12.1. The Morgan fingerprint density at radius 1 is 1.33 bits per heavy atom. The van der Waals surface area contributed by atoms with Crippen molar-refractivity contribution in [2.45, 2.75) is 0 Å². The average molecular weight is 239 g/mol. The van der Waals surface area contributed by atoms with Gasteiger partial charge in [-0.25, -0.2) is 9.78 Å². The fourth-order valence-electron chi connectivity index (χ4n) is 1.47. The number of para-hydroxylation sites is 1. The second kappa shape index (κ2) is 4.97. The van der Waals surface area contributed by atoms with Gasteiger partial charge in [0, 0.05) is 11.9 Å². The number of nitrogens with zero attached hydrogens (tertiary/aromatic N) is 2. The molecule has 88 valence electrons. The highest BCUT2D eigenvalue weighted by Gasteiger charge is 2.06. The Morgan fingerprint density at radius 2 is 2.11 bits per heavy atom. The number of carboxylic acids is 1. The molecule has 1 aromatic carbocycles. The number of aromatic carboxylic acids is 1. The van der Waals surface area contributed by atoms with Crippen molar-refractivity contribution in [3.63, 3.8) is 0 Å². The van der Waals surface area contributed by atoms with Crippen molar-refractivity contribution >= 4 is 17.3 Å². The van der Waals surface area contributed by atoms with E-state index in [0.717, 1.165) is 0 Å². The van der Waals surface area contributed by atoms with Gasteiger partial charge in [0.1, 0.15) is 11.8 Å². The van der Waals surface area contributed by atoms with Crippen LogP contribution in [0, 0.1) is 11.3 Å². The van der Waals surface area contributed by atoms with Crippen molar-refractivity contribution in [2.24, 2.45) is 0 Å². The van der Waals surface area contributed by atoms with Crippen LogP contribution in [-0.4, -0.2) is 16.1 Å². The van der Waals surface area contributed by atoms with E-state index in [-0.39, 0.29) is 5.69 Å². The quantitative estimate of drug-likeness (QED) is 0.858. The van der Waals surface area contributed by atoms with E-state index in [9.17, 15) is 4.79 Å². The Labute approximate surface area is 103 Å². The molecule has 0 bridgehead atoms. The van der Waals surface area contributed by atoms with Crippen LogP contribution in [0.15, 0.2) is 42.6 Å². The van der Waals surface area contributed by atoms with Gasteiger partial charge in [0.15, 0.2) is 0 Å². The molecule has 0 fully saturated rings. The lowest BCUT2D eigenvalue weighted by atomic mass is 10.2. The highest BCUT2D eigenvalue weighted by molar-refractivity contribution is 5.86. The molecule has 0 unspecified atom stereocenters. The van der Waals surface area contributed by atoms with Crippen molar-refractivity contribution in [1.82, 2.24) is 4.98 Å². The number of rotatable bonds is 3. The van der Waals surface area contributed by atoms with Crippen LogP contribution in [0.3, 0.4) is 0 Å². The number of aromatic nitrogens is 1. The van der Waals surface area contributed by atoms with E-state index >= 15 is 0 Å². The molecule has 0 atom stereocenters. The van der Waals surface area contributed by atoms with E-state index < -0.39 is 5.97 Å². The molecule has 2 N–H and O–H groups in total. The van der Waals surface area contributed by atoms with Gasteiger partial charge < -0.3 is 10.4 Å². The third-order valence-corrected chi connectivity index (χ3v) is 2.31. The molecule has 0 saturated heterocycles. The minimum atomic E-state index is -1.09. The number of pyridine rings is 1. The number of carbonyl (C=O) groups is 1. The smallest absolute Gasteiger partial charge is 0.354 e. The van der Waals surface area contributed by atoms with E-state index in [2.05, 4.69) is 16.4 Å². The predicted molar refractivity (Wildman–Crippen MR) is 65.6 cm³/mol. The fraction of sp³-hybridized carbons (Fsp3) is 0. The van der Waals surface area contributed by atoms with Gasteiger partial charge in [-0.2, -0.15) is 5.26 Å². The zero-order valence-electron chi connectivity index (χ0n) is 9.29. The maximum absolute atomic E-state index is 10.8. The second-order valence-electron chi connectivity index (χ2n) is 3.52. The molecule has 0 aliphatic rings. The molecular formula is C13H9N3O2. The zero-order chi connectivity index (χ0) is 13.0. The molecule has 0 radical (unpaired) electrons. The van der Waals surface area contributed by atoms with E-state index in [0.29, 0.717) is 16.9 Å². The molecule has 2 aromatic rings. The lowest BCUT2D eigenvalue weighted by Gasteiger charge is -2.08. The molecule has 0 aliphatic carbocycles. The maximum Gasteiger partial charge on any atom is 0.354 e. The summed E-state index contributed by atoms with van der Waals surface area (Å²) in [7, 11) is 0. The van der Waals surface area contributed by atoms with Gasteiger partial charge in [-0.05, 0) is 24.3 Å². The zero-order valence-corrected chi connectivity index (χ0v) is 9.29. The minimum Gasteiger partial charge on any atom is -0.477 e. The molecule has 18 heavy (non-hydrogen) atoms. The number of nitrogens with one attached hydrogen (secondary N) is 1. The summed E-state index contributed by atoms with van der Waals surface area (Å²) in [5.41, 5.74) is 1.65. The third-order valence-electron chi connectivity index (χ3n) is 2.31. The third kappa shape index (κ3) is 2.44. The van der Waals surface area contributed by atoms with Gasteiger partial charge >= 0.3 is 5.97 Å². The van der Waals surface area contributed by atoms with Crippen LogP contribution in [0.1, 0.15) is 16.1 Å². The molecule has 0 saturated carbocycles. The van der Waals surface area contributed by atoms with Gasteiger partial charge in [0.2, 0.25) is 0 Å². The summed E-state index contributed by atoms with van der Waals surface area (Å²) in [6.45, 7) is 0. The number of carboxylic acid groups (broad SMARTS) is 1. The Kier molecular flexibility index (Phi) is 3.21. The van der Waals surface area contributed by atoms with E-state index in [1.54, 1.807) is 30.3 Å². The van der Waals surface area contributed by atoms with Crippen molar-refractivity contribution < 1.29 is 9.90 Å². The number of hydrogen-bond acceptors (Lipinski definition) is 4. The SMILES string of the molecule is N#Cc1ccccc1Nc1ccnc(C(=O)O)c1. The first-order chi connectivity index (χ1) is 8.70. The standard InChI is InChI=1S/C13H9N3O2/c14-8-9-3-1-2-4-11(9)16-10-5-6-15-12(7-10)13(17)18/h1-7H,(H,15,16)(H,17,18). The molecule has 1 heterocycles.